The third-order valence-corrected chi connectivity index (χ3v) is 8.34. The first-order valence-electron chi connectivity index (χ1n) is 13.4. The Hall–Kier alpha value is -3.98. The third-order valence-electron chi connectivity index (χ3n) is 6.64. The van der Waals surface area contributed by atoms with Crippen LogP contribution in [0.1, 0.15) is 48.0 Å². The Bertz CT molecular complexity index is 1600. The number of nitrogens with zero attached hydrogens (tertiary/aromatic N) is 3. The molecule has 4 rings (SSSR count). The molecule has 1 aromatic heterocycles. The van der Waals surface area contributed by atoms with Gasteiger partial charge in [0.1, 0.15) is 6.04 Å². The van der Waals surface area contributed by atoms with E-state index in [1.807, 2.05) is 63.2 Å². The molecule has 1 aliphatic rings. The van der Waals surface area contributed by atoms with Crippen molar-refractivity contribution in [2.24, 2.45) is 0 Å². The number of amides is 1. The van der Waals surface area contributed by atoms with Gasteiger partial charge in [0, 0.05) is 60.1 Å². The molecule has 2 N–H and O–H groups in total. The van der Waals surface area contributed by atoms with Crippen LogP contribution in [0.3, 0.4) is 0 Å². The fraction of sp³-hybridized carbons (Fsp3) is 0.367. The molecule has 0 aliphatic carbocycles. The highest BCUT2D eigenvalue weighted by Crippen LogP contribution is 2.21. The largest absolute Gasteiger partial charge is 0.468 e. The second-order valence-electron chi connectivity index (χ2n) is 10.2. The smallest absolute Gasteiger partial charge is 0.323 e. The Morgan fingerprint density at radius 3 is 2.22 bits per heavy atom. The summed E-state index contributed by atoms with van der Waals surface area (Å²) in [4.78, 5) is 31.0. The van der Waals surface area contributed by atoms with Crippen LogP contribution in [0.2, 0.25) is 0 Å². The number of methoxy groups -OCH3 is 1. The second-order valence-corrected chi connectivity index (χ2v) is 11.9. The van der Waals surface area contributed by atoms with Crippen molar-refractivity contribution in [3.8, 4) is 11.8 Å². The zero-order valence-corrected chi connectivity index (χ0v) is 24.7. The topological polar surface area (TPSA) is 121 Å². The van der Waals surface area contributed by atoms with E-state index in [-0.39, 0.29) is 25.0 Å². The van der Waals surface area contributed by atoms with Crippen LogP contribution in [0.15, 0.2) is 48.5 Å². The number of fused-ring (bicyclic) bond motifs is 1. The summed E-state index contributed by atoms with van der Waals surface area (Å²) in [6, 6.07) is 14.3. The molecule has 0 saturated carbocycles. The van der Waals surface area contributed by atoms with E-state index < -0.39 is 22.2 Å². The van der Waals surface area contributed by atoms with Crippen molar-refractivity contribution in [1.82, 2.24) is 19.3 Å². The maximum Gasteiger partial charge on any atom is 0.323 e. The van der Waals surface area contributed by atoms with Crippen LogP contribution in [0, 0.1) is 18.8 Å². The second kappa shape index (κ2) is 12.7. The molecule has 2 aromatic carbocycles. The third kappa shape index (κ3) is 7.41. The highest BCUT2D eigenvalue weighted by molar-refractivity contribution is 7.87. The highest BCUT2D eigenvalue weighted by Gasteiger charge is 2.30. The summed E-state index contributed by atoms with van der Waals surface area (Å²) in [7, 11) is -2.58. The van der Waals surface area contributed by atoms with Gasteiger partial charge < -0.3 is 15.0 Å². The van der Waals surface area contributed by atoms with Crippen LogP contribution >= 0.6 is 0 Å². The predicted molar refractivity (Wildman–Crippen MR) is 159 cm³/mol. The van der Waals surface area contributed by atoms with Crippen molar-refractivity contribution < 1.29 is 22.7 Å². The van der Waals surface area contributed by atoms with Crippen molar-refractivity contribution >= 4 is 38.7 Å². The lowest BCUT2D eigenvalue weighted by atomic mass is 10.0. The maximum atomic E-state index is 12.8. The molecule has 1 fully saturated rings. The van der Waals surface area contributed by atoms with Crippen molar-refractivity contribution in [3.05, 3.63) is 70.9 Å². The minimum atomic E-state index is -3.80. The molecular formula is C30H35N5O5S. The number of rotatable bonds is 7. The maximum absolute atomic E-state index is 12.8. The van der Waals surface area contributed by atoms with Gasteiger partial charge in [-0.15, -0.1) is 0 Å². The number of aryl methyl sites for hydroxylation is 1. The molecule has 0 unspecified atom stereocenters. The molecule has 1 saturated heterocycles. The Morgan fingerprint density at radius 1 is 0.951 bits per heavy atom. The minimum absolute atomic E-state index is 0.0211. The van der Waals surface area contributed by atoms with E-state index in [1.54, 1.807) is 6.07 Å². The van der Waals surface area contributed by atoms with Gasteiger partial charge in [-0.2, -0.15) is 17.4 Å². The number of hydrogen-bond acceptors (Lipinski definition) is 7. The van der Waals surface area contributed by atoms with Gasteiger partial charge in [0.15, 0.2) is 0 Å². The predicted octanol–water partition coefficient (Wildman–Crippen LogP) is 2.60. The molecule has 0 radical (unpaired) electrons. The number of piperazine rings is 1. The van der Waals surface area contributed by atoms with Gasteiger partial charge in [-0.3, -0.25) is 14.6 Å². The van der Waals surface area contributed by atoms with Crippen LogP contribution in [0.4, 0.5) is 5.69 Å². The zero-order chi connectivity index (χ0) is 29.7. The normalized spacial score (nSPS) is 14.8. The molecule has 1 aliphatic heterocycles. The van der Waals surface area contributed by atoms with Gasteiger partial charge in [0.25, 0.3) is 16.1 Å². The van der Waals surface area contributed by atoms with E-state index in [0.29, 0.717) is 18.7 Å². The zero-order valence-electron chi connectivity index (χ0n) is 23.9. The van der Waals surface area contributed by atoms with E-state index in [1.165, 1.54) is 18.3 Å². The molecule has 10 nitrogen and oxygen atoms in total. The first-order chi connectivity index (χ1) is 19.5. The number of anilines is 1. The van der Waals surface area contributed by atoms with E-state index in [4.69, 9.17) is 0 Å². The number of hydrogen-bond donors (Lipinski definition) is 2. The lowest BCUT2D eigenvalue weighted by molar-refractivity contribution is -0.142. The summed E-state index contributed by atoms with van der Waals surface area (Å²) in [5.41, 5.74) is 4.68. The average molecular weight is 578 g/mol. The highest BCUT2D eigenvalue weighted by atomic mass is 32.2. The van der Waals surface area contributed by atoms with Crippen LogP contribution in [-0.2, 0) is 19.7 Å². The summed E-state index contributed by atoms with van der Waals surface area (Å²) in [6.45, 7) is 8.77. The van der Waals surface area contributed by atoms with Gasteiger partial charge in [0.2, 0.25) is 0 Å². The van der Waals surface area contributed by atoms with Gasteiger partial charge in [-0.25, -0.2) is 0 Å². The first-order valence-corrected chi connectivity index (χ1v) is 14.9. The summed E-state index contributed by atoms with van der Waals surface area (Å²) >= 11 is 0. The Kier molecular flexibility index (Phi) is 9.28. The lowest BCUT2D eigenvalue weighted by Crippen LogP contribution is -2.54. The van der Waals surface area contributed by atoms with Crippen LogP contribution in [0.25, 0.3) is 10.9 Å². The minimum Gasteiger partial charge on any atom is -0.468 e. The van der Waals surface area contributed by atoms with E-state index >= 15 is 0 Å². The van der Waals surface area contributed by atoms with Gasteiger partial charge >= 0.3 is 5.97 Å². The fourth-order valence-electron chi connectivity index (χ4n) is 4.57. The summed E-state index contributed by atoms with van der Waals surface area (Å²) < 4.78 is 33.5. The molecule has 3 aromatic rings. The van der Waals surface area contributed by atoms with Gasteiger partial charge in [-0.1, -0.05) is 11.8 Å². The Balaban J connectivity index is 1.43. The number of esters is 1. The molecule has 41 heavy (non-hydrogen) atoms. The molecular weight excluding hydrogens is 542 g/mol. The van der Waals surface area contributed by atoms with Gasteiger partial charge in [0.05, 0.1) is 18.2 Å². The number of carbonyl (C=O) groups is 2. The Morgan fingerprint density at radius 2 is 1.59 bits per heavy atom. The quantitative estimate of drug-likeness (QED) is 0.327. The molecule has 216 valence electrons. The monoisotopic (exact) mass is 577 g/mol. The van der Waals surface area contributed by atoms with E-state index in [0.717, 1.165) is 33.4 Å². The Labute approximate surface area is 241 Å². The number of nitrogens with one attached hydrogen (secondary N) is 2. The van der Waals surface area contributed by atoms with E-state index in [2.05, 4.69) is 36.5 Å². The van der Waals surface area contributed by atoms with Crippen LogP contribution in [0.5, 0.6) is 0 Å². The SMILES string of the molecule is COC(=O)[C@@H](C)NS(=O)(=O)N1CCN(c2ccc(C#Cc3ccc4nc(C)cc(C(=O)NC(C)C)c4c3)cc2)CC1. The molecule has 0 bridgehead atoms. The molecule has 11 heteroatoms. The van der Waals surface area contributed by atoms with Crippen LogP contribution < -0.4 is 14.9 Å². The first kappa shape index (κ1) is 30.0. The molecule has 1 atom stereocenters. The number of ether oxygens (including phenoxy) is 1. The molecule has 0 spiro atoms. The van der Waals surface area contributed by atoms with Crippen molar-refractivity contribution in [2.75, 3.05) is 38.2 Å². The number of benzene rings is 2. The summed E-state index contributed by atoms with van der Waals surface area (Å²) in [5.74, 6) is 5.60. The number of carbonyl (C=O) groups excluding carboxylic acids is 2. The molecule has 1 amide bonds. The average Bonchev–Trinajstić information content (AvgIpc) is 2.95. The molecule has 2 heterocycles. The van der Waals surface area contributed by atoms with Crippen LogP contribution in [-0.4, -0.2) is 75.0 Å². The number of aromatic nitrogens is 1. The summed E-state index contributed by atoms with van der Waals surface area (Å²) in [5, 5.41) is 3.71. The lowest BCUT2D eigenvalue weighted by Gasteiger charge is -2.35. The van der Waals surface area contributed by atoms with E-state index in [9.17, 15) is 18.0 Å². The van der Waals surface area contributed by atoms with Gasteiger partial charge in [-0.05, 0) is 76.2 Å². The van der Waals surface area contributed by atoms with Crippen molar-refractivity contribution in [1.29, 1.82) is 0 Å². The summed E-state index contributed by atoms with van der Waals surface area (Å²) in [6.07, 6.45) is 0. The number of pyridine rings is 1. The van der Waals surface area contributed by atoms with Crippen molar-refractivity contribution in [2.45, 2.75) is 39.8 Å². The standard InChI is InChI=1S/C30H35N5O5S/c1-20(2)31-29(36)27-18-21(3)32-28-13-10-24(19-26(27)28)7-6-23-8-11-25(12-9-23)34-14-16-35(17-15-34)41(38,39)33-22(4)30(37)40-5/h8-13,18-20,22,33H,14-17H2,1-5H3,(H,31,36)/t22-/m1/s1. The fourth-order valence-corrected chi connectivity index (χ4v) is 5.91. The van der Waals surface area contributed by atoms with Crippen molar-refractivity contribution in [3.63, 3.8) is 0 Å².